The fraction of sp³-hybridized carbons (Fsp3) is 0.526. The monoisotopic (exact) mass is 331 g/mol. The van der Waals surface area contributed by atoms with Crippen LogP contribution in [0.3, 0.4) is 0 Å². The lowest BCUT2D eigenvalue weighted by Gasteiger charge is -2.37. The molecule has 1 aromatic rings. The number of rotatable bonds is 4. The van der Waals surface area contributed by atoms with Gasteiger partial charge in [0.05, 0.1) is 19.8 Å². The van der Waals surface area contributed by atoms with Crippen LogP contribution in [0, 0.1) is 5.92 Å². The van der Waals surface area contributed by atoms with Crippen LogP contribution in [0.5, 0.6) is 0 Å². The number of fused-ring (bicyclic) bond motifs is 1. The lowest BCUT2D eigenvalue weighted by Crippen LogP contribution is -2.38. The molecule has 1 aromatic carbocycles. The van der Waals surface area contributed by atoms with Gasteiger partial charge in [-0.3, -0.25) is 4.90 Å². The molecule has 1 aliphatic heterocycles. The van der Waals surface area contributed by atoms with Crippen LogP contribution in [0.15, 0.2) is 36.1 Å². The minimum Gasteiger partial charge on any atom is -0.437 e. The Morgan fingerprint density at radius 1 is 1.29 bits per heavy atom. The van der Waals surface area contributed by atoms with Crippen molar-refractivity contribution in [1.29, 1.82) is 0 Å². The smallest absolute Gasteiger partial charge is 0.437 e. The first-order valence-electron chi connectivity index (χ1n) is 8.49. The average molecular weight is 331 g/mol. The molecule has 2 atom stereocenters. The van der Waals surface area contributed by atoms with Crippen molar-refractivity contribution in [2.24, 2.45) is 5.92 Å². The van der Waals surface area contributed by atoms with Gasteiger partial charge in [0.2, 0.25) is 0 Å². The summed E-state index contributed by atoms with van der Waals surface area (Å²) in [7, 11) is 3.12. The van der Waals surface area contributed by atoms with Crippen molar-refractivity contribution in [3.8, 4) is 0 Å². The van der Waals surface area contributed by atoms with Gasteiger partial charge in [-0.1, -0.05) is 24.3 Å². The van der Waals surface area contributed by atoms with E-state index in [-0.39, 0.29) is 6.10 Å². The Bertz CT molecular complexity index is 613. The van der Waals surface area contributed by atoms with Gasteiger partial charge in [0.25, 0.3) is 0 Å². The summed E-state index contributed by atoms with van der Waals surface area (Å²) >= 11 is 0. The molecule has 0 amide bonds. The third kappa shape index (κ3) is 3.79. The third-order valence-corrected chi connectivity index (χ3v) is 4.90. The van der Waals surface area contributed by atoms with E-state index in [1.807, 2.05) is 6.08 Å². The molecule has 0 saturated heterocycles. The van der Waals surface area contributed by atoms with E-state index in [0.717, 1.165) is 32.4 Å². The van der Waals surface area contributed by atoms with Gasteiger partial charge in [0.1, 0.15) is 5.76 Å². The maximum absolute atomic E-state index is 11.3. The van der Waals surface area contributed by atoms with Crippen molar-refractivity contribution in [2.45, 2.75) is 25.4 Å². The summed E-state index contributed by atoms with van der Waals surface area (Å²) < 4.78 is 15.6. The van der Waals surface area contributed by atoms with Gasteiger partial charge >= 0.3 is 6.16 Å². The number of aryl methyl sites for hydroxylation is 1. The van der Waals surface area contributed by atoms with Crippen LogP contribution in [0.25, 0.3) is 0 Å². The van der Waals surface area contributed by atoms with E-state index in [9.17, 15) is 4.79 Å². The van der Waals surface area contributed by atoms with Crippen LogP contribution < -0.4 is 0 Å². The number of nitrogens with zero attached hydrogens (tertiary/aromatic N) is 1. The summed E-state index contributed by atoms with van der Waals surface area (Å²) in [5.74, 6) is 1.13. The molecule has 0 fully saturated rings. The molecule has 5 heteroatoms. The van der Waals surface area contributed by atoms with E-state index in [0.29, 0.717) is 18.2 Å². The van der Waals surface area contributed by atoms with Crippen LogP contribution in [0.4, 0.5) is 4.79 Å². The number of hydrogen-bond acceptors (Lipinski definition) is 5. The van der Waals surface area contributed by atoms with Crippen molar-refractivity contribution in [2.75, 3.05) is 33.9 Å². The Kier molecular flexibility index (Phi) is 5.53. The summed E-state index contributed by atoms with van der Waals surface area (Å²) in [6.45, 7) is 2.56. The van der Waals surface area contributed by atoms with Gasteiger partial charge in [-0.05, 0) is 36.5 Å². The number of methoxy groups -OCH3 is 2. The van der Waals surface area contributed by atoms with E-state index in [1.54, 1.807) is 7.11 Å². The molecule has 2 unspecified atom stereocenters. The highest BCUT2D eigenvalue weighted by Gasteiger charge is 2.31. The summed E-state index contributed by atoms with van der Waals surface area (Å²) in [4.78, 5) is 13.6. The van der Waals surface area contributed by atoms with Crippen molar-refractivity contribution < 1.29 is 19.0 Å². The quantitative estimate of drug-likeness (QED) is 0.792. The zero-order valence-corrected chi connectivity index (χ0v) is 14.4. The molecule has 0 saturated carbocycles. The lowest BCUT2D eigenvalue weighted by molar-refractivity contribution is 0.0210. The highest BCUT2D eigenvalue weighted by molar-refractivity contribution is 5.61. The van der Waals surface area contributed by atoms with Crippen LogP contribution in [-0.4, -0.2) is 44.9 Å². The SMILES string of the molecule is COC(=O)OC1=CCCN(CC2CCc3ccccc3C2OC)C1. The van der Waals surface area contributed by atoms with Gasteiger partial charge < -0.3 is 14.2 Å². The highest BCUT2D eigenvalue weighted by Crippen LogP contribution is 2.37. The largest absolute Gasteiger partial charge is 0.513 e. The van der Waals surface area contributed by atoms with E-state index >= 15 is 0 Å². The maximum Gasteiger partial charge on any atom is 0.513 e. The van der Waals surface area contributed by atoms with Gasteiger partial charge in [-0.15, -0.1) is 0 Å². The van der Waals surface area contributed by atoms with Crippen molar-refractivity contribution in [3.63, 3.8) is 0 Å². The first-order chi connectivity index (χ1) is 11.7. The van der Waals surface area contributed by atoms with Crippen LogP contribution in [0.1, 0.15) is 30.1 Å². The van der Waals surface area contributed by atoms with Gasteiger partial charge in [-0.2, -0.15) is 0 Å². The van der Waals surface area contributed by atoms with Crippen LogP contribution >= 0.6 is 0 Å². The highest BCUT2D eigenvalue weighted by atomic mass is 16.7. The van der Waals surface area contributed by atoms with Crippen LogP contribution in [0.2, 0.25) is 0 Å². The number of ether oxygens (including phenoxy) is 3. The maximum atomic E-state index is 11.3. The molecule has 0 spiro atoms. The molecular formula is C19H25NO4. The molecule has 0 bridgehead atoms. The first-order valence-corrected chi connectivity index (χ1v) is 8.49. The molecule has 0 aromatic heterocycles. The third-order valence-electron chi connectivity index (χ3n) is 4.90. The van der Waals surface area contributed by atoms with Gasteiger partial charge in [0, 0.05) is 26.1 Å². The van der Waals surface area contributed by atoms with Gasteiger partial charge in [0.15, 0.2) is 0 Å². The zero-order chi connectivity index (χ0) is 16.9. The van der Waals surface area contributed by atoms with Crippen molar-refractivity contribution >= 4 is 6.16 Å². The molecule has 130 valence electrons. The molecule has 3 rings (SSSR count). The standard InChI is InChI=1S/C19H25NO4/c1-22-18-15(10-9-14-6-3-4-8-17(14)18)12-20-11-5-7-16(13-20)24-19(21)23-2/h3-4,6-8,15,18H,5,9-13H2,1-2H3. The Hall–Kier alpha value is -1.85. The summed E-state index contributed by atoms with van der Waals surface area (Å²) in [6.07, 6.45) is 4.54. The van der Waals surface area contributed by atoms with E-state index in [2.05, 4.69) is 33.9 Å². The summed E-state index contributed by atoms with van der Waals surface area (Å²) in [5.41, 5.74) is 2.71. The summed E-state index contributed by atoms with van der Waals surface area (Å²) in [5, 5.41) is 0. The van der Waals surface area contributed by atoms with E-state index < -0.39 is 6.16 Å². The fourth-order valence-electron chi connectivity index (χ4n) is 3.77. The Balaban J connectivity index is 1.64. The number of hydrogen-bond donors (Lipinski definition) is 0. The number of benzene rings is 1. The fourth-order valence-corrected chi connectivity index (χ4v) is 3.77. The number of carbonyl (C=O) groups excluding carboxylic acids is 1. The number of carbonyl (C=O) groups is 1. The lowest BCUT2D eigenvalue weighted by atomic mass is 9.81. The second kappa shape index (κ2) is 7.81. The van der Waals surface area contributed by atoms with Crippen molar-refractivity contribution in [1.82, 2.24) is 4.90 Å². The predicted octanol–water partition coefficient (Wildman–Crippen LogP) is 3.31. The molecule has 1 aliphatic carbocycles. The Labute approximate surface area is 143 Å². The Morgan fingerprint density at radius 3 is 2.92 bits per heavy atom. The molecule has 1 heterocycles. The molecule has 2 aliphatic rings. The molecule has 24 heavy (non-hydrogen) atoms. The van der Waals surface area contributed by atoms with Crippen molar-refractivity contribution in [3.05, 3.63) is 47.2 Å². The topological polar surface area (TPSA) is 48.0 Å². The molecular weight excluding hydrogens is 306 g/mol. The minimum absolute atomic E-state index is 0.130. The average Bonchev–Trinajstić information content (AvgIpc) is 2.61. The molecule has 5 nitrogen and oxygen atoms in total. The van der Waals surface area contributed by atoms with Gasteiger partial charge in [-0.25, -0.2) is 4.79 Å². The minimum atomic E-state index is -0.649. The Morgan fingerprint density at radius 2 is 2.12 bits per heavy atom. The molecule has 0 radical (unpaired) electrons. The zero-order valence-electron chi connectivity index (χ0n) is 14.4. The molecule has 0 N–H and O–H groups in total. The normalized spacial score (nSPS) is 24.0. The second-order valence-corrected chi connectivity index (χ2v) is 6.40. The van der Waals surface area contributed by atoms with Crippen LogP contribution in [-0.2, 0) is 20.6 Å². The summed E-state index contributed by atoms with van der Waals surface area (Å²) in [6, 6.07) is 8.55. The first kappa shape index (κ1) is 17.0. The predicted molar refractivity (Wildman–Crippen MR) is 90.6 cm³/mol. The van der Waals surface area contributed by atoms with E-state index in [1.165, 1.54) is 18.2 Å². The van der Waals surface area contributed by atoms with E-state index in [4.69, 9.17) is 9.47 Å². The second-order valence-electron chi connectivity index (χ2n) is 6.40.